The Balaban J connectivity index is 2.08. The van der Waals surface area contributed by atoms with E-state index in [0.29, 0.717) is 23.2 Å². The summed E-state index contributed by atoms with van der Waals surface area (Å²) in [6.07, 6.45) is -0.934. The molecule has 1 aromatic rings. The van der Waals surface area contributed by atoms with Crippen molar-refractivity contribution in [1.82, 2.24) is 5.32 Å². The summed E-state index contributed by atoms with van der Waals surface area (Å²) in [5.74, 6) is 0. The van der Waals surface area contributed by atoms with Gasteiger partial charge in [0.1, 0.15) is 0 Å². The molecule has 1 aromatic carbocycles. The van der Waals surface area contributed by atoms with Gasteiger partial charge >= 0.3 is 6.18 Å². The lowest BCUT2D eigenvalue weighted by Gasteiger charge is -2.26. The summed E-state index contributed by atoms with van der Waals surface area (Å²) in [7, 11) is 0. The largest absolute Gasteiger partial charge is 0.416 e. The van der Waals surface area contributed by atoms with E-state index < -0.39 is 11.7 Å². The number of hydrogen-bond donors (Lipinski definition) is 1. The Bertz CT molecular complexity index is 399. The molecule has 0 aliphatic heterocycles. The molecule has 0 bridgehead atoms. The molecule has 0 unspecified atom stereocenters. The molecule has 0 radical (unpaired) electrons. The van der Waals surface area contributed by atoms with Crippen LogP contribution in [-0.2, 0) is 12.7 Å². The maximum absolute atomic E-state index is 12.5. The quantitative estimate of drug-likeness (QED) is 0.869. The molecule has 0 heterocycles. The molecular weight excluding hydrogens is 251 g/mol. The van der Waals surface area contributed by atoms with Crippen LogP contribution in [0.2, 0.25) is 5.02 Å². The minimum atomic E-state index is -4.31. The maximum atomic E-state index is 12.5. The molecule has 1 N–H and O–H groups in total. The van der Waals surface area contributed by atoms with Crippen LogP contribution in [0.5, 0.6) is 0 Å². The Morgan fingerprint density at radius 2 is 2.00 bits per heavy atom. The Morgan fingerprint density at radius 1 is 1.29 bits per heavy atom. The molecule has 0 spiro atoms. The number of rotatable bonds is 3. The van der Waals surface area contributed by atoms with Gasteiger partial charge in [0, 0.05) is 17.6 Å². The summed E-state index contributed by atoms with van der Waals surface area (Å²) < 4.78 is 37.5. The topological polar surface area (TPSA) is 12.0 Å². The molecule has 1 nitrogen and oxygen atoms in total. The van der Waals surface area contributed by atoms with Crippen molar-refractivity contribution in [1.29, 1.82) is 0 Å². The summed E-state index contributed by atoms with van der Waals surface area (Å²) >= 11 is 5.88. The van der Waals surface area contributed by atoms with Crippen molar-refractivity contribution in [2.45, 2.75) is 38.0 Å². The minimum Gasteiger partial charge on any atom is -0.310 e. The fourth-order valence-corrected chi connectivity index (χ4v) is 1.94. The van der Waals surface area contributed by atoms with Crippen molar-refractivity contribution < 1.29 is 13.2 Å². The molecule has 1 fully saturated rings. The highest BCUT2D eigenvalue weighted by atomic mass is 35.5. The van der Waals surface area contributed by atoms with Gasteiger partial charge in [-0.1, -0.05) is 18.0 Å². The van der Waals surface area contributed by atoms with Gasteiger partial charge in [-0.25, -0.2) is 0 Å². The van der Waals surface area contributed by atoms with E-state index in [4.69, 9.17) is 11.6 Å². The van der Waals surface area contributed by atoms with Crippen molar-refractivity contribution in [3.05, 3.63) is 34.3 Å². The second-order valence-corrected chi connectivity index (χ2v) is 4.72. The summed E-state index contributed by atoms with van der Waals surface area (Å²) in [5.41, 5.74) is -0.138. The first-order chi connectivity index (χ1) is 7.97. The van der Waals surface area contributed by atoms with Gasteiger partial charge in [-0.3, -0.25) is 0 Å². The highest BCUT2D eigenvalue weighted by molar-refractivity contribution is 6.31. The Hall–Kier alpha value is -0.740. The maximum Gasteiger partial charge on any atom is 0.416 e. The fraction of sp³-hybridized carbons (Fsp3) is 0.500. The lowest BCUT2D eigenvalue weighted by atomic mass is 9.93. The highest BCUT2D eigenvalue weighted by Gasteiger charge is 2.30. The van der Waals surface area contributed by atoms with E-state index in [0.717, 1.165) is 25.0 Å². The smallest absolute Gasteiger partial charge is 0.310 e. The normalized spacial score (nSPS) is 16.9. The molecule has 0 atom stereocenters. The summed E-state index contributed by atoms with van der Waals surface area (Å²) in [4.78, 5) is 0. The zero-order valence-electron chi connectivity index (χ0n) is 9.15. The number of nitrogens with one attached hydrogen (secondary N) is 1. The lowest BCUT2D eigenvalue weighted by Crippen LogP contribution is -2.34. The molecule has 1 aliphatic carbocycles. The zero-order chi connectivity index (χ0) is 12.5. The average Bonchev–Trinajstić information content (AvgIpc) is 2.16. The third kappa shape index (κ3) is 3.13. The summed E-state index contributed by atoms with van der Waals surface area (Å²) in [6.45, 7) is 0.396. The Morgan fingerprint density at radius 3 is 2.53 bits per heavy atom. The number of hydrogen-bond acceptors (Lipinski definition) is 1. The van der Waals surface area contributed by atoms with Crippen LogP contribution < -0.4 is 5.32 Å². The Kier molecular flexibility index (Phi) is 3.64. The highest BCUT2D eigenvalue weighted by Crippen LogP contribution is 2.32. The van der Waals surface area contributed by atoms with Crippen molar-refractivity contribution >= 4 is 11.6 Å². The van der Waals surface area contributed by atoms with Crippen LogP contribution in [0.1, 0.15) is 30.4 Å². The fourth-order valence-electron chi connectivity index (χ4n) is 1.75. The van der Waals surface area contributed by atoms with Gasteiger partial charge < -0.3 is 5.32 Å². The lowest BCUT2D eigenvalue weighted by molar-refractivity contribution is -0.137. The van der Waals surface area contributed by atoms with Crippen LogP contribution >= 0.6 is 11.6 Å². The van der Waals surface area contributed by atoms with Gasteiger partial charge in [0.15, 0.2) is 0 Å². The minimum absolute atomic E-state index is 0.379. The van der Waals surface area contributed by atoms with Crippen LogP contribution in [0, 0.1) is 0 Å². The van der Waals surface area contributed by atoms with Gasteiger partial charge in [0.2, 0.25) is 0 Å². The molecule has 0 saturated heterocycles. The average molecular weight is 264 g/mol. The number of halogens is 4. The second-order valence-electron chi connectivity index (χ2n) is 4.31. The monoisotopic (exact) mass is 263 g/mol. The first-order valence-corrected chi connectivity index (χ1v) is 5.93. The summed E-state index contributed by atoms with van der Waals surface area (Å²) in [6, 6.07) is 3.87. The zero-order valence-corrected chi connectivity index (χ0v) is 9.91. The standard InChI is InChI=1S/C12H13ClF3N/c13-11-5-4-9(12(14,15)16)6-8(11)7-17-10-2-1-3-10/h4-6,10,17H,1-3,7H2. The van der Waals surface area contributed by atoms with E-state index >= 15 is 0 Å². The van der Waals surface area contributed by atoms with Gasteiger partial charge in [-0.15, -0.1) is 0 Å². The number of benzene rings is 1. The van der Waals surface area contributed by atoms with Crippen LogP contribution in [-0.4, -0.2) is 6.04 Å². The second kappa shape index (κ2) is 4.86. The first-order valence-electron chi connectivity index (χ1n) is 5.56. The first kappa shape index (κ1) is 12.7. The van der Waals surface area contributed by atoms with E-state index in [1.807, 2.05) is 0 Å². The third-order valence-electron chi connectivity index (χ3n) is 3.06. The molecule has 1 aliphatic rings. The van der Waals surface area contributed by atoms with Crippen molar-refractivity contribution in [3.63, 3.8) is 0 Å². The van der Waals surface area contributed by atoms with Crippen molar-refractivity contribution in [3.8, 4) is 0 Å². The molecule has 17 heavy (non-hydrogen) atoms. The molecule has 2 rings (SSSR count). The van der Waals surface area contributed by atoms with Crippen molar-refractivity contribution in [2.24, 2.45) is 0 Å². The van der Waals surface area contributed by atoms with E-state index in [-0.39, 0.29) is 0 Å². The molecule has 0 aromatic heterocycles. The number of alkyl halides is 3. The van der Waals surface area contributed by atoms with E-state index in [9.17, 15) is 13.2 Å². The predicted octanol–water partition coefficient (Wildman–Crippen LogP) is 4.00. The summed E-state index contributed by atoms with van der Waals surface area (Å²) in [5, 5.41) is 3.58. The molecular formula is C12H13ClF3N. The molecule has 1 saturated carbocycles. The third-order valence-corrected chi connectivity index (χ3v) is 3.43. The molecule has 0 amide bonds. The Labute approximate surface area is 103 Å². The van der Waals surface area contributed by atoms with Gasteiger partial charge in [-0.05, 0) is 36.6 Å². The van der Waals surface area contributed by atoms with Gasteiger partial charge in [0.05, 0.1) is 5.56 Å². The SMILES string of the molecule is FC(F)(F)c1ccc(Cl)c(CNC2CCC2)c1. The van der Waals surface area contributed by atoms with Crippen molar-refractivity contribution in [2.75, 3.05) is 0 Å². The molecule has 94 valence electrons. The van der Waals surface area contributed by atoms with Crippen LogP contribution in [0.15, 0.2) is 18.2 Å². The predicted molar refractivity (Wildman–Crippen MR) is 60.9 cm³/mol. The van der Waals surface area contributed by atoms with E-state index in [2.05, 4.69) is 5.32 Å². The van der Waals surface area contributed by atoms with Crippen LogP contribution in [0.3, 0.4) is 0 Å². The van der Waals surface area contributed by atoms with E-state index in [1.165, 1.54) is 12.5 Å². The molecule has 5 heteroatoms. The van der Waals surface area contributed by atoms with Gasteiger partial charge in [-0.2, -0.15) is 13.2 Å². The van der Waals surface area contributed by atoms with Crippen LogP contribution in [0.4, 0.5) is 13.2 Å². The van der Waals surface area contributed by atoms with E-state index in [1.54, 1.807) is 0 Å². The van der Waals surface area contributed by atoms with Gasteiger partial charge in [0.25, 0.3) is 0 Å². The van der Waals surface area contributed by atoms with Crippen LogP contribution in [0.25, 0.3) is 0 Å².